The second-order valence-corrected chi connectivity index (χ2v) is 2.19. The lowest BCUT2D eigenvalue weighted by atomic mass is 10.1. The summed E-state index contributed by atoms with van der Waals surface area (Å²) in [6, 6.07) is 10.0. The highest BCUT2D eigenvalue weighted by atomic mass is 16.1. The standard InChI is InChI=1S/C9H10O.CH4/c10-8-4-7-9-5-2-1-3-6-9;/h1-3,5-6,8H,4,7H2;1H4. The lowest BCUT2D eigenvalue weighted by molar-refractivity contribution is -0.107. The first-order valence-electron chi connectivity index (χ1n) is 3.41. The lowest BCUT2D eigenvalue weighted by Crippen LogP contribution is -1.83. The number of carbonyl (C=O) groups excluding carboxylic acids is 1. The third-order valence-corrected chi connectivity index (χ3v) is 1.39. The molecule has 0 aliphatic heterocycles. The van der Waals surface area contributed by atoms with E-state index in [9.17, 15) is 4.79 Å². The monoisotopic (exact) mass is 150 g/mol. The molecule has 0 aliphatic carbocycles. The van der Waals surface area contributed by atoms with E-state index in [0.717, 1.165) is 12.7 Å². The summed E-state index contributed by atoms with van der Waals surface area (Å²) < 4.78 is 0. The number of rotatable bonds is 3. The third kappa shape index (κ3) is 3.56. The van der Waals surface area contributed by atoms with Crippen LogP contribution in [0.25, 0.3) is 0 Å². The molecule has 0 unspecified atom stereocenters. The summed E-state index contributed by atoms with van der Waals surface area (Å²) in [6.07, 6.45) is 2.45. The fourth-order valence-electron chi connectivity index (χ4n) is 0.870. The Balaban J connectivity index is 0.000001000. The molecule has 1 aromatic carbocycles. The Morgan fingerprint density at radius 3 is 2.36 bits per heavy atom. The third-order valence-electron chi connectivity index (χ3n) is 1.39. The van der Waals surface area contributed by atoms with Gasteiger partial charge in [-0.15, -0.1) is 0 Å². The molecule has 0 heterocycles. The number of hydrogen-bond donors (Lipinski definition) is 0. The molecular formula is C10H14O. The molecule has 0 fully saturated rings. The van der Waals surface area contributed by atoms with Crippen LogP contribution in [-0.2, 0) is 11.2 Å². The molecule has 0 atom stereocenters. The molecule has 0 saturated heterocycles. The maximum absolute atomic E-state index is 9.98. The van der Waals surface area contributed by atoms with Crippen LogP contribution in [0.2, 0.25) is 0 Å². The van der Waals surface area contributed by atoms with Gasteiger partial charge in [0.05, 0.1) is 0 Å². The van der Waals surface area contributed by atoms with Crippen LogP contribution in [0.1, 0.15) is 19.4 Å². The molecule has 0 aromatic heterocycles. The van der Waals surface area contributed by atoms with E-state index in [1.165, 1.54) is 5.56 Å². The zero-order chi connectivity index (χ0) is 7.23. The number of hydrogen-bond acceptors (Lipinski definition) is 1. The first-order chi connectivity index (χ1) is 4.93. The maximum atomic E-state index is 9.98. The summed E-state index contributed by atoms with van der Waals surface area (Å²) in [7, 11) is 0. The van der Waals surface area contributed by atoms with Gasteiger partial charge >= 0.3 is 0 Å². The highest BCUT2D eigenvalue weighted by Crippen LogP contribution is 1.99. The molecule has 1 nitrogen and oxygen atoms in total. The molecular weight excluding hydrogens is 136 g/mol. The van der Waals surface area contributed by atoms with Crippen LogP contribution in [0.15, 0.2) is 30.3 Å². The van der Waals surface area contributed by atoms with E-state index < -0.39 is 0 Å². The number of aryl methyl sites for hydroxylation is 1. The smallest absolute Gasteiger partial charge is 0.120 e. The Kier molecular flexibility index (Phi) is 5.09. The van der Waals surface area contributed by atoms with Crippen molar-refractivity contribution >= 4 is 6.29 Å². The second-order valence-electron chi connectivity index (χ2n) is 2.19. The minimum Gasteiger partial charge on any atom is -0.303 e. The van der Waals surface area contributed by atoms with Gasteiger partial charge in [-0.2, -0.15) is 0 Å². The molecule has 11 heavy (non-hydrogen) atoms. The molecule has 0 radical (unpaired) electrons. The molecule has 0 spiro atoms. The predicted octanol–water partition coefficient (Wildman–Crippen LogP) is 2.45. The summed E-state index contributed by atoms with van der Waals surface area (Å²) in [5.74, 6) is 0. The van der Waals surface area contributed by atoms with Gasteiger partial charge in [-0.25, -0.2) is 0 Å². The van der Waals surface area contributed by atoms with Crippen LogP contribution >= 0.6 is 0 Å². The highest BCUT2D eigenvalue weighted by Gasteiger charge is 1.87. The van der Waals surface area contributed by atoms with Crippen molar-refractivity contribution in [3.05, 3.63) is 35.9 Å². The Morgan fingerprint density at radius 1 is 1.18 bits per heavy atom. The molecule has 1 rings (SSSR count). The summed E-state index contributed by atoms with van der Waals surface area (Å²) in [4.78, 5) is 9.98. The van der Waals surface area contributed by atoms with Gasteiger partial charge in [0.15, 0.2) is 0 Å². The first-order valence-corrected chi connectivity index (χ1v) is 3.41. The molecule has 0 aliphatic rings. The minimum atomic E-state index is 0. The number of aldehydes is 1. The molecule has 1 aromatic rings. The van der Waals surface area contributed by atoms with Crippen LogP contribution in [0.5, 0.6) is 0 Å². The maximum Gasteiger partial charge on any atom is 0.120 e. The zero-order valence-electron chi connectivity index (χ0n) is 5.79. The zero-order valence-corrected chi connectivity index (χ0v) is 5.79. The van der Waals surface area contributed by atoms with E-state index in [1.54, 1.807) is 0 Å². The molecule has 60 valence electrons. The van der Waals surface area contributed by atoms with Gasteiger partial charge in [0, 0.05) is 6.42 Å². The van der Waals surface area contributed by atoms with Gasteiger partial charge in [0.2, 0.25) is 0 Å². The summed E-state index contributed by atoms with van der Waals surface area (Å²) in [5.41, 5.74) is 1.23. The van der Waals surface area contributed by atoms with Crippen molar-refractivity contribution in [2.24, 2.45) is 0 Å². The average molecular weight is 150 g/mol. The fourth-order valence-corrected chi connectivity index (χ4v) is 0.870. The van der Waals surface area contributed by atoms with Crippen LogP contribution in [0.4, 0.5) is 0 Å². The van der Waals surface area contributed by atoms with E-state index in [4.69, 9.17) is 0 Å². The van der Waals surface area contributed by atoms with E-state index in [-0.39, 0.29) is 7.43 Å². The fraction of sp³-hybridized carbons (Fsp3) is 0.300. The van der Waals surface area contributed by atoms with Gasteiger partial charge in [0.1, 0.15) is 6.29 Å². The van der Waals surface area contributed by atoms with Gasteiger partial charge in [-0.1, -0.05) is 37.8 Å². The topological polar surface area (TPSA) is 17.1 Å². The van der Waals surface area contributed by atoms with Crippen molar-refractivity contribution in [3.63, 3.8) is 0 Å². The second kappa shape index (κ2) is 5.66. The Labute approximate surface area is 68.1 Å². The van der Waals surface area contributed by atoms with Gasteiger partial charge in [-0.3, -0.25) is 0 Å². The molecule has 0 N–H and O–H groups in total. The summed E-state index contributed by atoms with van der Waals surface area (Å²) in [6.45, 7) is 0. The molecule has 0 bridgehead atoms. The number of carbonyl (C=O) groups is 1. The SMILES string of the molecule is C.O=CCCc1ccccc1. The quantitative estimate of drug-likeness (QED) is 0.605. The van der Waals surface area contributed by atoms with Crippen molar-refractivity contribution in [2.45, 2.75) is 20.3 Å². The van der Waals surface area contributed by atoms with Crippen molar-refractivity contribution in [1.29, 1.82) is 0 Å². The van der Waals surface area contributed by atoms with Crippen LogP contribution in [0, 0.1) is 0 Å². The Morgan fingerprint density at radius 2 is 1.82 bits per heavy atom. The summed E-state index contributed by atoms with van der Waals surface area (Å²) >= 11 is 0. The largest absolute Gasteiger partial charge is 0.303 e. The van der Waals surface area contributed by atoms with Crippen molar-refractivity contribution in [2.75, 3.05) is 0 Å². The first kappa shape index (κ1) is 9.89. The van der Waals surface area contributed by atoms with Gasteiger partial charge in [0.25, 0.3) is 0 Å². The normalized spacial score (nSPS) is 8.36. The van der Waals surface area contributed by atoms with Crippen molar-refractivity contribution in [3.8, 4) is 0 Å². The van der Waals surface area contributed by atoms with Gasteiger partial charge in [-0.05, 0) is 12.0 Å². The van der Waals surface area contributed by atoms with Crippen LogP contribution in [-0.4, -0.2) is 6.29 Å². The number of benzene rings is 1. The van der Waals surface area contributed by atoms with E-state index in [2.05, 4.69) is 0 Å². The summed E-state index contributed by atoms with van der Waals surface area (Å²) in [5, 5.41) is 0. The van der Waals surface area contributed by atoms with E-state index in [0.29, 0.717) is 6.42 Å². The lowest BCUT2D eigenvalue weighted by Gasteiger charge is -1.93. The molecule has 0 saturated carbocycles. The van der Waals surface area contributed by atoms with E-state index >= 15 is 0 Å². The van der Waals surface area contributed by atoms with Crippen molar-refractivity contribution in [1.82, 2.24) is 0 Å². The van der Waals surface area contributed by atoms with Crippen LogP contribution in [0.3, 0.4) is 0 Å². The predicted molar refractivity (Wildman–Crippen MR) is 47.6 cm³/mol. The van der Waals surface area contributed by atoms with E-state index in [1.807, 2.05) is 30.3 Å². The minimum absolute atomic E-state index is 0. The Hall–Kier alpha value is -1.11. The Bertz CT molecular complexity index is 191. The highest BCUT2D eigenvalue weighted by molar-refractivity contribution is 5.49. The molecule has 1 heteroatoms. The molecule has 0 amide bonds. The van der Waals surface area contributed by atoms with Gasteiger partial charge < -0.3 is 4.79 Å². The van der Waals surface area contributed by atoms with Crippen molar-refractivity contribution < 1.29 is 4.79 Å². The van der Waals surface area contributed by atoms with Crippen LogP contribution < -0.4 is 0 Å². The average Bonchev–Trinajstić information content (AvgIpc) is 2.03.